The molecule has 0 heterocycles. The number of nitrogens with one attached hydrogen (secondary N) is 1. The molecule has 0 unspecified atom stereocenters. The van der Waals surface area contributed by atoms with E-state index in [0.29, 0.717) is 12.1 Å². The average molecular weight is 307 g/mol. The smallest absolute Gasteiger partial charge is 0.240 e. The van der Waals surface area contributed by atoms with Gasteiger partial charge in [-0.15, -0.1) is 0 Å². The topological polar surface area (TPSA) is 69.6 Å². The summed E-state index contributed by atoms with van der Waals surface area (Å²) in [6.45, 7) is 0.974. The predicted molar refractivity (Wildman–Crippen MR) is 75.7 cm³/mol. The molecule has 5 nitrogen and oxygen atoms in total. The van der Waals surface area contributed by atoms with Crippen LogP contribution in [-0.2, 0) is 16.6 Å². The maximum absolute atomic E-state index is 12.0. The van der Waals surface area contributed by atoms with E-state index in [1.54, 1.807) is 0 Å². The second-order valence-electron chi connectivity index (χ2n) is 4.47. The van der Waals surface area contributed by atoms with Gasteiger partial charge in [-0.2, -0.15) is 0 Å². The number of sulfonamides is 1. The van der Waals surface area contributed by atoms with Gasteiger partial charge in [0.1, 0.15) is 0 Å². The van der Waals surface area contributed by atoms with Crippen LogP contribution in [0.4, 0.5) is 0 Å². The largest absolute Gasteiger partial charge is 0.392 e. The lowest BCUT2D eigenvalue weighted by atomic mass is 10.2. The lowest BCUT2D eigenvalue weighted by Gasteiger charge is -2.11. The summed E-state index contributed by atoms with van der Waals surface area (Å²) < 4.78 is 26.5. The number of rotatable bonds is 7. The molecule has 0 aliphatic heterocycles. The van der Waals surface area contributed by atoms with Crippen LogP contribution in [0.15, 0.2) is 23.1 Å². The number of hydrogen-bond acceptors (Lipinski definition) is 4. The Labute approximate surface area is 119 Å². The molecule has 1 aromatic rings. The molecular weight excluding hydrogens is 288 g/mol. The van der Waals surface area contributed by atoms with Crippen molar-refractivity contribution in [1.82, 2.24) is 9.62 Å². The van der Waals surface area contributed by atoms with Gasteiger partial charge in [0, 0.05) is 11.6 Å². The lowest BCUT2D eigenvalue weighted by Crippen LogP contribution is -2.27. The first-order valence-electron chi connectivity index (χ1n) is 5.90. The Morgan fingerprint density at radius 3 is 2.58 bits per heavy atom. The minimum absolute atomic E-state index is 0.111. The highest BCUT2D eigenvalue weighted by molar-refractivity contribution is 7.89. The lowest BCUT2D eigenvalue weighted by molar-refractivity contribution is 0.282. The van der Waals surface area contributed by atoms with Crippen LogP contribution in [0.3, 0.4) is 0 Å². The monoisotopic (exact) mass is 306 g/mol. The molecule has 0 aliphatic rings. The van der Waals surface area contributed by atoms with Gasteiger partial charge >= 0.3 is 0 Å². The number of benzene rings is 1. The molecule has 2 N–H and O–H groups in total. The Morgan fingerprint density at radius 1 is 1.37 bits per heavy atom. The third-order valence-corrected chi connectivity index (χ3v) is 4.39. The Hall–Kier alpha value is -0.660. The van der Waals surface area contributed by atoms with Gasteiger partial charge in [-0.1, -0.05) is 17.7 Å². The predicted octanol–water partition coefficient (Wildman–Crippen LogP) is 1.06. The van der Waals surface area contributed by atoms with Gasteiger partial charge in [-0.3, -0.25) is 0 Å². The number of nitrogens with zero attached hydrogens (tertiary/aromatic N) is 1. The highest BCUT2D eigenvalue weighted by atomic mass is 35.5. The van der Waals surface area contributed by atoms with E-state index in [2.05, 4.69) is 4.72 Å². The molecule has 0 atom stereocenters. The van der Waals surface area contributed by atoms with Crippen molar-refractivity contribution < 1.29 is 13.5 Å². The Bertz CT molecular complexity index is 518. The van der Waals surface area contributed by atoms with Crippen molar-refractivity contribution in [1.29, 1.82) is 0 Å². The minimum atomic E-state index is -3.54. The molecule has 0 aromatic heterocycles. The zero-order chi connectivity index (χ0) is 14.5. The van der Waals surface area contributed by atoms with E-state index in [9.17, 15) is 8.42 Å². The van der Waals surface area contributed by atoms with Crippen molar-refractivity contribution in [2.24, 2.45) is 0 Å². The van der Waals surface area contributed by atoms with E-state index in [0.717, 1.165) is 13.0 Å². The van der Waals surface area contributed by atoms with Crippen LogP contribution in [0, 0.1) is 0 Å². The van der Waals surface area contributed by atoms with Gasteiger partial charge in [0.15, 0.2) is 0 Å². The number of aliphatic hydroxyl groups is 1. The minimum Gasteiger partial charge on any atom is -0.392 e. The third-order valence-electron chi connectivity index (χ3n) is 2.58. The molecule has 0 amide bonds. The summed E-state index contributed by atoms with van der Waals surface area (Å²) in [5, 5.41) is 9.23. The van der Waals surface area contributed by atoms with E-state index in [-0.39, 0.29) is 16.5 Å². The van der Waals surface area contributed by atoms with Crippen LogP contribution in [0.1, 0.15) is 12.0 Å². The van der Waals surface area contributed by atoms with Crippen molar-refractivity contribution in [2.75, 3.05) is 27.2 Å². The summed E-state index contributed by atoms with van der Waals surface area (Å²) in [6.07, 6.45) is 0.731. The summed E-state index contributed by atoms with van der Waals surface area (Å²) >= 11 is 5.88. The fourth-order valence-electron chi connectivity index (χ4n) is 1.51. The summed E-state index contributed by atoms with van der Waals surface area (Å²) in [4.78, 5) is 2.10. The summed E-state index contributed by atoms with van der Waals surface area (Å²) in [5.41, 5.74) is 0.508. The molecule has 0 saturated heterocycles. The van der Waals surface area contributed by atoms with Gasteiger partial charge in [0.25, 0.3) is 0 Å². The fourth-order valence-corrected chi connectivity index (χ4v) is 2.91. The molecule has 0 radical (unpaired) electrons. The third kappa shape index (κ3) is 5.08. The molecule has 0 aliphatic carbocycles. The second-order valence-corrected chi connectivity index (χ2v) is 6.64. The maximum Gasteiger partial charge on any atom is 0.240 e. The quantitative estimate of drug-likeness (QED) is 0.739. The van der Waals surface area contributed by atoms with E-state index in [4.69, 9.17) is 16.7 Å². The van der Waals surface area contributed by atoms with Crippen LogP contribution >= 0.6 is 11.6 Å². The Morgan fingerprint density at radius 2 is 2.05 bits per heavy atom. The van der Waals surface area contributed by atoms with Crippen LogP contribution in [0.5, 0.6) is 0 Å². The van der Waals surface area contributed by atoms with Crippen LogP contribution < -0.4 is 4.72 Å². The first-order valence-corrected chi connectivity index (χ1v) is 7.76. The van der Waals surface area contributed by atoms with Crippen LogP contribution in [0.2, 0.25) is 5.02 Å². The number of aliphatic hydroxyl groups excluding tert-OH is 1. The molecule has 108 valence electrons. The van der Waals surface area contributed by atoms with Gasteiger partial charge in [0.05, 0.1) is 11.5 Å². The first kappa shape index (κ1) is 16.4. The zero-order valence-corrected chi connectivity index (χ0v) is 12.6. The molecule has 1 aromatic carbocycles. The van der Waals surface area contributed by atoms with Gasteiger partial charge in [-0.25, -0.2) is 13.1 Å². The normalized spacial score (nSPS) is 12.1. The maximum atomic E-state index is 12.0. The molecule has 19 heavy (non-hydrogen) atoms. The van der Waals surface area contributed by atoms with E-state index >= 15 is 0 Å². The second kappa shape index (κ2) is 7.21. The van der Waals surface area contributed by atoms with Crippen molar-refractivity contribution in [3.05, 3.63) is 28.8 Å². The van der Waals surface area contributed by atoms with E-state index in [1.165, 1.54) is 18.2 Å². The van der Waals surface area contributed by atoms with Crippen LogP contribution in [0.25, 0.3) is 0 Å². The zero-order valence-electron chi connectivity index (χ0n) is 11.1. The van der Waals surface area contributed by atoms with E-state index < -0.39 is 10.0 Å². The molecule has 0 bridgehead atoms. The van der Waals surface area contributed by atoms with Crippen molar-refractivity contribution in [3.63, 3.8) is 0 Å². The number of hydrogen-bond donors (Lipinski definition) is 2. The van der Waals surface area contributed by atoms with Gasteiger partial charge < -0.3 is 10.0 Å². The van der Waals surface area contributed by atoms with Crippen LogP contribution in [-0.4, -0.2) is 45.6 Å². The van der Waals surface area contributed by atoms with E-state index in [1.807, 2.05) is 19.0 Å². The standard InChI is InChI=1S/C12H19ClN2O3S/c1-15(2)7-3-6-14-19(17,18)11-5-4-10(9-16)12(13)8-11/h4-5,8,14,16H,3,6-7,9H2,1-2H3. The molecule has 0 fully saturated rings. The highest BCUT2D eigenvalue weighted by Crippen LogP contribution is 2.20. The Balaban J connectivity index is 2.69. The molecular formula is C12H19ClN2O3S. The van der Waals surface area contributed by atoms with Gasteiger partial charge in [0.2, 0.25) is 10.0 Å². The first-order chi connectivity index (χ1) is 8.86. The Kier molecular flexibility index (Phi) is 6.22. The van der Waals surface area contributed by atoms with Crippen molar-refractivity contribution >= 4 is 21.6 Å². The molecule has 7 heteroatoms. The molecule has 0 saturated carbocycles. The fraction of sp³-hybridized carbons (Fsp3) is 0.500. The highest BCUT2D eigenvalue weighted by Gasteiger charge is 2.14. The summed E-state index contributed by atoms with van der Waals surface area (Å²) in [5.74, 6) is 0. The number of halogens is 1. The molecule has 0 spiro atoms. The molecule has 1 rings (SSSR count). The van der Waals surface area contributed by atoms with Crippen molar-refractivity contribution in [2.45, 2.75) is 17.9 Å². The SMILES string of the molecule is CN(C)CCCNS(=O)(=O)c1ccc(CO)c(Cl)c1. The summed E-state index contributed by atoms with van der Waals surface area (Å²) in [7, 11) is 0.325. The summed E-state index contributed by atoms with van der Waals surface area (Å²) in [6, 6.07) is 4.30. The van der Waals surface area contributed by atoms with Gasteiger partial charge in [-0.05, 0) is 44.8 Å². The van der Waals surface area contributed by atoms with Crippen molar-refractivity contribution in [3.8, 4) is 0 Å². The average Bonchev–Trinajstić information content (AvgIpc) is 2.34.